The van der Waals surface area contributed by atoms with Gasteiger partial charge in [0.2, 0.25) is 11.7 Å². The number of ether oxygens (including phenoxy) is 1. The molecule has 0 bridgehead atoms. The molecule has 0 atom stereocenters. The molecule has 2 amide bonds. The molecule has 94 valence electrons. The number of aryl methyl sites for hydroxylation is 1. The van der Waals surface area contributed by atoms with Crippen molar-refractivity contribution in [2.75, 3.05) is 26.8 Å². The highest BCUT2D eigenvalue weighted by Gasteiger charge is 2.11. The first-order valence-corrected chi connectivity index (χ1v) is 5.06. The van der Waals surface area contributed by atoms with Crippen molar-refractivity contribution < 1.29 is 14.3 Å². The lowest BCUT2D eigenvalue weighted by molar-refractivity contribution is -0.120. The molecule has 0 aliphatic carbocycles. The third-order valence-corrected chi connectivity index (χ3v) is 1.84. The normalized spacial score (nSPS) is 10.0. The van der Waals surface area contributed by atoms with Crippen LogP contribution in [0.1, 0.15) is 16.4 Å². The van der Waals surface area contributed by atoms with Crippen molar-refractivity contribution in [2.45, 2.75) is 6.92 Å². The number of nitrogens with one attached hydrogen (secondary N) is 3. The zero-order valence-corrected chi connectivity index (χ0v) is 9.74. The van der Waals surface area contributed by atoms with Crippen molar-refractivity contribution in [3.05, 3.63) is 11.6 Å². The molecule has 0 saturated heterocycles. The minimum atomic E-state index is -0.490. The SMILES string of the molecule is COCCNC(=O)CNC(=O)c1n[nH]c(C)n1. The van der Waals surface area contributed by atoms with Gasteiger partial charge in [0.15, 0.2) is 0 Å². The number of hydrogen-bond acceptors (Lipinski definition) is 5. The maximum absolute atomic E-state index is 11.4. The summed E-state index contributed by atoms with van der Waals surface area (Å²) in [6, 6.07) is 0. The molecular formula is C9H15N5O3. The van der Waals surface area contributed by atoms with Crippen LogP contribution in [0.2, 0.25) is 0 Å². The van der Waals surface area contributed by atoms with Gasteiger partial charge in [-0.05, 0) is 6.92 Å². The molecule has 0 spiro atoms. The maximum atomic E-state index is 11.4. The van der Waals surface area contributed by atoms with Gasteiger partial charge in [-0.25, -0.2) is 4.98 Å². The number of nitrogens with zero attached hydrogens (tertiary/aromatic N) is 2. The first kappa shape index (κ1) is 13.1. The first-order valence-electron chi connectivity index (χ1n) is 5.06. The van der Waals surface area contributed by atoms with Crippen LogP contribution in [0.25, 0.3) is 0 Å². The molecule has 8 nitrogen and oxygen atoms in total. The van der Waals surface area contributed by atoms with E-state index >= 15 is 0 Å². The Hall–Kier alpha value is -1.96. The Bertz CT molecular complexity index is 390. The molecule has 17 heavy (non-hydrogen) atoms. The van der Waals surface area contributed by atoms with Gasteiger partial charge < -0.3 is 15.4 Å². The monoisotopic (exact) mass is 241 g/mol. The third-order valence-electron chi connectivity index (χ3n) is 1.84. The van der Waals surface area contributed by atoms with Gasteiger partial charge in [-0.1, -0.05) is 0 Å². The van der Waals surface area contributed by atoms with Gasteiger partial charge in [-0.15, -0.1) is 5.10 Å². The van der Waals surface area contributed by atoms with Crippen molar-refractivity contribution in [1.29, 1.82) is 0 Å². The molecule has 0 aromatic carbocycles. The van der Waals surface area contributed by atoms with Crippen LogP contribution in [0.4, 0.5) is 0 Å². The average Bonchev–Trinajstić information content (AvgIpc) is 2.73. The second kappa shape index (κ2) is 6.59. The molecular weight excluding hydrogens is 226 g/mol. The molecule has 0 unspecified atom stereocenters. The van der Waals surface area contributed by atoms with E-state index in [9.17, 15) is 9.59 Å². The lowest BCUT2D eigenvalue weighted by Gasteiger charge is -2.04. The fourth-order valence-corrected chi connectivity index (χ4v) is 1.04. The molecule has 3 N–H and O–H groups in total. The van der Waals surface area contributed by atoms with E-state index in [0.717, 1.165) is 0 Å². The fraction of sp³-hybridized carbons (Fsp3) is 0.556. The van der Waals surface area contributed by atoms with E-state index in [-0.39, 0.29) is 18.3 Å². The van der Waals surface area contributed by atoms with Crippen molar-refractivity contribution in [3.63, 3.8) is 0 Å². The Morgan fingerprint density at radius 2 is 2.18 bits per heavy atom. The van der Waals surface area contributed by atoms with E-state index in [0.29, 0.717) is 19.0 Å². The summed E-state index contributed by atoms with van der Waals surface area (Å²) in [5.74, 6) is -0.217. The van der Waals surface area contributed by atoms with Crippen LogP contribution in [0.3, 0.4) is 0 Å². The highest BCUT2D eigenvalue weighted by Crippen LogP contribution is 1.89. The van der Waals surface area contributed by atoms with E-state index in [1.54, 1.807) is 14.0 Å². The summed E-state index contributed by atoms with van der Waals surface area (Å²) in [6.45, 7) is 2.40. The van der Waals surface area contributed by atoms with E-state index in [2.05, 4.69) is 25.8 Å². The fourth-order valence-electron chi connectivity index (χ4n) is 1.04. The summed E-state index contributed by atoms with van der Waals surface area (Å²) in [5.41, 5.74) is 0. The number of rotatable bonds is 6. The molecule has 0 saturated carbocycles. The number of carbonyl (C=O) groups is 2. The number of aromatic amines is 1. The van der Waals surface area contributed by atoms with E-state index in [4.69, 9.17) is 4.74 Å². The predicted molar refractivity (Wildman–Crippen MR) is 58.3 cm³/mol. The van der Waals surface area contributed by atoms with Gasteiger partial charge in [0, 0.05) is 13.7 Å². The molecule has 1 aromatic heterocycles. The quantitative estimate of drug-likeness (QED) is 0.531. The molecule has 0 aliphatic heterocycles. The summed E-state index contributed by atoms with van der Waals surface area (Å²) in [7, 11) is 1.54. The van der Waals surface area contributed by atoms with Gasteiger partial charge in [0.25, 0.3) is 5.91 Å². The maximum Gasteiger partial charge on any atom is 0.291 e. The predicted octanol–water partition coefficient (Wildman–Crippen LogP) is -1.39. The van der Waals surface area contributed by atoms with Crippen LogP contribution < -0.4 is 10.6 Å². The van der Waals surface area contributed by atoms with Gasteiger partial charge >= 0.3 is 0 Å². The minimum absolute atomic E-state index is 0.0205. The number of hydrogen-bond donors (Lipinski definition) is 3. The lowest BCUT2D eigenvalue weighted by atomic mass is 10.5. The molecule has 0 fully saturated rings. The van der Waals surface area contributed by atoms with E-state index in [1.165, 1.54) is 0 Å². The van der Waals surface area contributed by atoms with Crippen molar-refractivity contribution in [1.82, 2.24) is 25.8 Å². The smallest absolute Gasteiger partial charge is 0.291 e. The first-order chi connectivity index (χ1) is 8.13. The molecule has 0 aliphatic rings. The van der Waals surface area contributed by atoms with Crippen molar-refractivity contribution >= 4 is 11.8 Å². The zero-order valence-electron chi connectivity index (χ0n) is 9.74. The van der Waals surface area contributed by atoms with Gasteiger partial charge in [0.05, 0.1) is 13.2 Å². The van der Waals surface area contributed by atoms with Gasteiger partial charge in [0.1, 0.15) is 5.82 Å². The van der Waals surface area contributed by atoms with Crippen LogP contribution in [-0.4, -0.2) is 53.8 Å². The van der Waals surface area contributed by atoms with Crippen LogP contribution in [-0.2, 0) is 9.53 Å². The Labute approximate surface area is 98.1 Å². The Morgan fingerprint density at radius 1 is 1.41 bits per heavy atom. The number of H-pyrrole nitrogens is 1. The highest BCUT2D eigenvalue weighted by molar-refractivity contribution is 5.93. The van der Waals surface area contributed by atoms with Gasteiger partial charge in [-0.2, -0.15) is 0 Å². The highest BCUT2D eigenvalue weighted by atomic mass is 16.5. The van der Waals surface area contributed by atoms with E-state index < -0.39 is 5.91 Å². The summed E-state index contributed by atoms with van der Waals surface area (Å²) < 4.78 is 4.76. The van der Waals surface area contributed by atoms with Gasteiger partial charge in [-0.3, -0.25) is 14.7 Å². The summed E-state index contributed by atoms with van der Waals surface area (Å²) in [4.78, 5) is 26.5. The van der Waals surface area contributed by atoms with Crippen LogP contribution in [0.5, 0.6) is 0 Å². The average molecular weight is 241 g/mol. The van der Waals surface area contributed by atoms with Crippen LogP contribution in [0.15, 0.2) is 0 Å². The number of amides is 2. The number of carbonyl (C=O) groups excluding carboxylic acids is 2. The number of aromatic nitrogens is 3. The zero-order chi connectivity index (χ0) is 12.7. The van der Waals surface area contributed by atoms with Crippen molar-refractivity contribution in [3.8, 4) is 0 Å². The summed E-state index contributed by atoms with van der Waals surface area (Å²) >= 11 is 0. The van der Waals surface area contributed by atoms with E-state index in [1.807, 2.05) is 0 Å². The van der Waals surface area contributed by atoms with Crippen molar-refractivity contribution in [2.24, 2.45) is 0 Å². The Morgan fingerprint density at radius 3 is 2.76 bits per heavy atom. The minimum Gasteiger partial charge on any atom is -0.383 e. The third kappa shape index (κ3) is 4.60. The Kier molecular flexibility index (Phi) is 5.08. The molecule has 0 radical (unpaired) electrons. The molecule has 1 rings (SSSR count). The second-order valence-corrected chi connectivity index (χ2v) is 3.27. The topological polar surface area (TPSA) is 109 Å². The molecule has 8 heteroatoms. The van der Waals surface area contributed by atoms with Crippen LogP contribution in [0, 0.1) is 6.92 Å². The largest absolute Gasteiger partial charge is 0.383 e. The standard InChI is InChI=1S/C9H15N5O3/c1-6-12-8(14-13-6)9(16)11-5-7(15)10-3-4-17-2/h3-5H2,1-2H3,(H,10,15)(H,11,16)(H,12,13,14). The molecule has 1 heterocycles. The lowest BCUT2D eigenvalue weighted by Crippen LogP contribution is -2.38. The second-order valence-electron chi connectivity index (χ2n) is 3.27. The van der Waals surface area contributed by atoms with Crippen LogP contribution >= 0.6 is 0 Å². The number of methoxy groups -OCH3 is 1. The summed E-state index contributed by atoms with van der Waals surface area (Å²) in [5, 5.41) is 11.2. The molecule has 1 aromatic rings. The Balaban J connectivity index is 2.26. The summed E-state index contributed by atoms with van der Waals surface area (Å²) in [6.07, 6.45) is 0.